The third kappa shape index (κ3) is 5.20. The van der Waals surface area contributed by atoms with Gasteiger partial charge in [0.25, 0.3) is 0 Å². The van der Waals surface area contributed by atoms with Gasteiger partial charge in [-0.15, -0.1) is 0 Å². The maximum atomic E-state index is 11.5. The molecule has 10 N–H and O–H groups in total. The molecule has 14 atom stereocenters. The van der Waals surface area contributed by atoms with Crippen LogP contribution >= 0.6 is 0 Å². The maximum absolute atomic E-state index is 11.5. The summed E-state index contributed by atoms with van der Waals surface area (Å²) >= 11 is 0. The van der Waals surface area contributed by atoms with Crippen molar-refractivity contribution in [1.29, 1.82) is 0 Å². The van der Waals surface area contributed by atoms with Crippen LogP contribution in [0, 0.1) is 0 Å². The molecule has 0 amide bonds. The molecule has 16 heteroatoms. The lowest BCUT2D eigenvalue weighted by Gasteiger charge is -2.47. The predicted octanol–water partition coefficient (Wildman–Crippen LogP) is -7.36. The van der Waals surface area contributed by atoms with Crippen LogP contribution in [0.15, 0.2) is 0 Å². The summed E-state index contributed by atoms with van der Waals surface area (Å²) in [5.41, 5.74) is 0. The molecular formula is C18H30O16. The Balaban J connectivity index is 1.72. The van der Waals surface area contributed by atoms with Crippen molar-refractivity contribution in [2.24, 2.45) is 0 Å². The van der Waals surface area contributed by atoms with Gasteiger partial charge in [0.1, 0.15) is 61.0 Å². The Kier molecular flexibility index (Phi) is 9.15. The van der Waals surface area contributed by atoms with Crippen LogP contribution < -0.4 is 0 Å². The number of esters is 1. The van der Waals surface area contributed by atoms with E-state index in [-0.39, 0.29) is 0 Å². The minimum atomic E-state index is -2.02. The highest BCUT2D eigenvalue weighted by atomic mass is 16.7. The summed E-state index contributed by atoms with van der Waals surface area (Å²) in [7, 11) is 0. The molecule has 3 heterocycles. The van der Waals surface area contributed by atoms with Crippen molar-refractivity contribution in [2.45, 2.75) is 85.8 Å². The first kappa shape index (κ1) is 27.5. The number of carbonyl (C=O) groups is 1. The summed E-state index contributed by atoms with van der Waals surface area (Å²) in [4.78, 5) is 11.5. The van der Waals surface area contributed by atoms with Crippen molar-refractivity contribution in [1.82, 2.24) is 0 Å². The number of aliphatic hydroxyl groups is 10. The van der Waals surface area contributed by atoms with E-state index in [4.69, 9.17) is 23.7 Å². The average Bonchev–Trinajstić information content (AvgIpc) is 2.83. The largest absolute Gasteiger partial charge is 0.455 e. The second kappa shape index (κ2) is 11.3. The molecule has 198 valence electrons. The molecule has 3 aliphatic heterocycles. The van der Waals surface area contributed by atoms with E-state index in [1.807, 2.05) is 0 Å². The summed E-state index contributed by atoms with van der Waals surface area (Å²) in [6, 6.07) is 0. The third-order valence-corrected chi connectivity index (χ3v) is 5.97. The molecule has 3 aliphatic rings. The Morgan fingerprint density at radius 3 is 1.59 bits per heavy atom. The maximum Gasteiger partial charge on any atom is 0.338 e. The first-order valence-corrected chi connectivity index (χ1v) is 10.5. The fraction of sp³-hybridized carbons (Fsp3) is 0.944. The van der Waals surface area contributed by atoms with Gasteiger partial charge in [0.15, 0.2) is 24.8 Å². The van der Waals surface area contributed by atoms with Crippen molar-refractivity contribution < 1.29 is 79.5 Å². The standard InChI is InChI=1S/C18H30O16/c19-1-4-7(22)8(23)12(27)17(31-4)34-15-6(3-21)32-18(13(28)10(15)25)33-14-5(2-20)30-16(29)11(26)9(14)24/h4-15,17-28H,1-3H2/t4?,5?,6?,7-,8-,9+,10+,11?,12?,13?,14-,15-,17-,18-/m0/s1. The van der Waals surface area contributed by atoms with Crippen LogP contribution in [-0.4, -0.2) is 163 Å². The SMILES string of the molecule is O=C1OC(CO)[C@H](O[C@@H]2OC(CO)[C@H](O[C@@H]3OC(CO)[C@H](O)[C@H](O)C3O)[C@H](O)C2O)[C@H](O)C1O. The molecule has 3 rings (SSSR count). The first-order chi connectivity index (χ1) is 16.0. The van der Waals surface area contributed by atoms with Crippen molar-refractivity contribution >= 4 is 5.97 Å². The molecule has 34 heavy (non-hydrogen) atoms. The predicted molar refractivity (Wildman–Crippen MR) is 100 cm³/mol. The highest BCUT2D eigenvalue weighted by Crippen LogP contribution is 2.31. The zero-order valence-corrected chi connectivity index (χ0v) is 17.6. The van der Waals surface area contributed by atoms with Crippen LogP contribution in [0.25, 0.3) is 0 Å². The van der Waals surface area contributed by atoms with E-state index < -0.39 is 112 Å². The number of rotatable bonds is 7. The molecule has 0 spiro atoms. The molecule has 0 saturated carbocycles. The summed E-state index contributed by atoms with van der Waals surface area (Å²) < 4.78 is 26.1. The van der Waals surface area contributed by atoms with Crippen LogP contribution in [-0.2, 0) is 28.5 Å². The van der Waals surface area contributed by atoms with Crippen molar-refractivity contribution in [3.8, 4) is 0 Å². The molecular weight excluding hydrogens is 472 g/mol. The van der Waals surface area contributed by atoms with Crippen LogP contribution in [0.3, 0.4) is 0 Å². The molecule has 0 radical (unpaired) electrons. The highest BCUT2D eigenvalue weighted by molar-refractivity contribution is 5.76. The van der Waals surface area contributed by atoms with E-state index in [1.54, 1.807) is 0 Å². The van der Waals surface area contributed by atoms with Gasteiger partial charge >= 0.3 is 5.97 Å². The summed E-state index contributed by atoms with van der Waals surface area (Å²) in [6.07, 6.45) is -23.9. The second-order valence-corrected chi connectivity index (χ2v) is 8.20. The zero-order chi connectivity index (χ0) is 25.3. The van der Waals surface area contributed by atoms with E-state index in [2.05, 4.69) is 0 Å². The van der Waals surface area contributed by atoms with Crippen molar-refractivity contribution in [3.05, 3.63) is 0 Å². The van der Waals surface area contributed by atoms with Gasteiger partial charge in [-0.05, 0) is 0 Å². The molecule has 6 unspecified atom stereocenters. The Morgan fingerprint density at radius 1 is 0.588 bits per heavy atom. The number of aliphatic hydroxyl groups excluding tert-OH is 10. The van der Waals surface area contributed by atoms with Crippen molar-refractivity contribution in [2.75, 3.05) is 19.8 Å². The molecule has 0 aromatic heterocycles. The molecule has 16 nitrogen and oxygen atoms in total. The van der Waals surface area contributed by atoms with Gasteiger partial charge in [-0.25, -0.2) is 4.79 Å². The molecule has 0 aromatic carbocycles. The van der Waals surface area contributed by atoms with Gasteiger partial charge in [0.2, 0.25) is 0 Å². The van der Waals surface area contributed by atoms with E-state index in [1.165, 1.54) is 0 Å². The topological polar surface area (TPSA) is 266 Å². The minimum Gasteiger partial charge on any atom is -0.455 e. The Hall–Kier alpha value is -1.09. The quantitative estimate of drug-likeness (QED) is 0.145. The minimum absolute atomic E-state index is 0.747. The smallest absolute Gasteiger partial charge is 0.338 e. The Morgan fingerprint density at radius 2 is 1.06 bits per heavy atom. The third-order valence-electron chi connectivity index (χ3n) is 5.97. The molecule has 0 bridgehead atoms. The van der Waals surface area contributed by atoms with Crippen LogP contribution in [0.4, 0.5) is 0 Å². The summed E-state index contributed by atoms with van der Waals surface area (Å²) in [6.45, 7) is -2.40. The number of ether oxygens (including phenoxy) is 5. The Labute approximate surface area is 192 Å². The lowest BCUT2D eigenvalue weighted by molar-refractivity contribution is -0.369. The molecule has 0 aliphatic carbocycles. The number of cyclic esters (lactones) is 1. The van der Waals surface area contributed by atoms with Gasteiger partial charge < -0.3 is 74.7 Å². The average molecular weight is 502 g/mol. The van der Waals surface area contributed by atoms with E-state index in [0.29, 0.717) is 0 Å². The lowest BCUT2D eigenvalue weighted by Crippen LogP contribution is -2.66. The molecule has 0 aromatic rings. The number of carbonyl (C=O) groups excluding carboxylic acids is 1. The summed E-state index contributed by atoms with van der Waals surface area (Å²) in [5.74, 6) is -1.21. The van der Waals surface area contributed by atoms with E-state index in [0.717, 1.165) is 0 Å². The molecule has 3 fully saturated rings. The summed E-state index contributed by atoms with van der Waals surface area (Å²) in [5, 5.41) is 99.2. The van der Waals surface area contributed by atoms with E-state index in [9.17, 15) is 55.9 Å². The normalized spacial score (nSPS) is 50.1. The van der Waals surface area contributed by atoms with Crippen LogP contribution in [0.1, 0.15) is 0 Å². The first-order valence-electron chi connectivity index (χ1n) is 10.5. The van der Waals surface area contributed by atoms with Crippen molar-refractivity contribution in [3.63, 3.8) is 0 Å². The fourth-order valence-corrected chi connectivity index (χ4v) is 3.96. The second-order valence-electron chi connectivity index (χ2n) is 8.20. The van der Waals surface area contributed by atoms with Gasteiger partial charge in [0, 0.05) is 0 Å². The number of hydrogen-bond acceptors (Lipinski definition) is 16. The van der Waals surface area contributed by atoms with Gasteiger partial charge in [-0.3, -0.25) is 0 Å². The molecule has 3 saturated heterocycles. The van der Waals surface area contributed by atoms with Crippen LogP contribution in [0.2, 0.25) is 0 Å². The van der Waals surface area contributed by atoms with Crippen LogP contribution in [0.5, 0.6) is 0 Å². The van der Waals surface area contributed by atoms with E-state index >= 15 is 0 Å². The number of hydrogen-bond donors (Lipinski definition) is 10. The Bertz CT molecular complexity index is 674. The van der Waals surface area contributed by atoms with Gasteiger partial charge in [-0.2, -0.15) is 0 Å². The fourth-order valence-electron chi connectivity index (χ4n) is 3.96. The zero-order valence-electron chi connectivity index (χ0n) is 17.6. The van der Waals surface area contributed by atoms with Gasteiger partial charge in [0.05, 0.1) is 19.8 Å². The monoisotopic (exact) mass is 502 g/mol. The highest BCUT2D eigenvalue weighted by Gasteiger charge is 2.53. The lowest BCUT2D eigenvalue weighted by atomic mass is 9.96. The van der Waals surface area contributed by atoms with Gasteiger partial charge in [-0.1, -0.05) is 0 Å².